The zero-order valence-corrected chi connectivity index (χ0v) is 8.61. The maximum atomic E-state index is 5.61. The van der Waals surface area contributed by atoms with Crippen LogP contribution in [0.15, 0.2) is 12.4 Å². The molecular formula is C10H18N4. The van der Waals surface area contributed by atoms with Crippen molar-refractivity contribution in [2.75, 3.05) is 0 Å². The van der Waals surface area contributed by atoms with E-state index in [4.69, 9.17) is 5.84 Å². The molecule has 4 heteroatoms. The molecule has 1 aromatic heterocycles. The minimum atomic E-state index is 0.284. The third-order valence-electron chi connectivity index (χ3n) is 3.13. The summed E-state index contributed by atoms with van der Waals surface area (Å²) in [5.41, 5.74) is 4.13. The third kappa shape index (κ3) is 1.81. The molecule has 1 aliphatic carbocycles. The van der Waals surface area contributed by atoms with Gasteiger partial charge in [0.1, 0.15) is 0 Å². The highest BCUT2D eigenvalue weighted by molar-refractivity contribution is 5.11. The number of hydrazine groups is 1. The fourth-order valence-electron chi connectivity index (χ4n) is 2.40. The van der Waals surface area contributed by atoms with Gasteiger partial charge in [-0.05, 0) is 18.8 Å². The molecule has 78 valence electrons. The van der Waals surface area contributed by atoms with E-state index in [0.717, 1.165) is 0 Å². The molecule has 0 saturated heterocycles. The van der Waals surface area contributed by atoms with Crippen LogP contribution in [0.1, 0.15) is 37.3 Å². The minimum Gasteiger partial charge on any atom is -0.275 e. The van der Waals surface area contributed by atoms with Crippen molar-refractivity contribution in [3.63, 3.8) is 0 Å². The largest absolute Gasteiger partial charge is 0.275 e. The van der Waals surface area contributed by atoms with Gasteiger partial charge in [-0.25, -0.2) is 0 Å². The Hall–Kier alpha value is -0.870. The Morgan fingerprint density at radius 1 is 1.57 bits per heavy atom. The third-order valence-corrected chi connectivity index (χ3v) is 3.13. The van der Waals surface area contributed by atoms with Gasteiger partial charge in [0.05, 0.1) is 12.2 Å². The zero-order valence-electron chi connectivity index (χ0n) is 8.61. The maximum absolute atomic E-state index is 5.61. The lowest BCUT2D eigenvalue weighted by Crippen LogP contribution is -2.32. The summed E-state index contributed by atoms with van der Waals surface area (Å²) < 4.78 is 1.83. The normalized spacial score (nSPS) is 20.1. The molecule has 1 heterocycles. The second-order valence-electron chi connectivity index (χ2n) is 4.14. The second-order valence-corrected chi connectivity index (χ2v) is 4.14. The van der Waals surface area contributed by atoms with E-state index in [1.807, 2.05) is 24.1 Å². The number of aryl methyl sites for hydroxylation is 1. The molecule has 1 fully saturated rings. The van der Waals surface area contributed by atoms with Crippen LogP contribution in [0, 0.1) is 5.92 Å². The minimum absolute atomic E-state index is 0.284. The van der Waals surface area contributed by atoms with E-state index in [-0.39, 0.29) is 6.04 Å². The topological polar surface area (TPSA) is 55.9 Å². The van der Waals surface area contributed by atoms with E-state index in [1.54, 1.807) is 0 Å². The number of rotatable bonds is 3. The number of hydrogen-bond acceptors (Lipinski definition) is 3. The second kappa shape index (κ2) is 4.11. The highest BCUT2D eigenvalue weighted by Crippen LogP contribution is 2.34. The quantitative estimate of drug-likeness (QED) is 0.560. The molecule has 0 aromatic carbocycles. The van der Waals surface area contributed by atoms with Crippen molar-refractivity contribution in [3.05, 3.63) is 18.0 Å². The number of hydrogen-bond donors (Lipinski definition) is 2. The van der Waals surface area contributed by atoms with Gasteiger partial charge in [-0.2, -0.15) is 5.10 Å². The van der Waals surface area contributed by atoms with Gasteiger partial charge >= 0.3 is 0 Å². The molecule has 4 nitrogen and oxygen atoms in total. The molecule has 3 N–H and O–H groups in total. The van der Waals surface area contributed by atoms with Crippen LogP contribution in [0.5, 0.6) is 0 Å². The van der Waals surface area contributed by atoms with Gasteiger partial charge in [-0.1, -0.05) is 12.8 Å². The van der Waals surface area contributed by atoms with Crippen molar-refractivity contribution in [2.45, 2.75) is 31.7 Å². The van der Waals surface area contributed by atoms with E-state index < -0.39 is 0 Å². The Bertz CT molecular complexity index is 288. The van der Waals surface area contributed by atoms with Crippen LogP contribution in [0.2, 0.25) is 0 Å². The van der Waals surface area contributed by atoms with Gasteiger partial charge in [-0.3, -0.25) is 16.0 Å². The van der Waals surface area contributed by atoms with Crippen LogP contribution < -0.4 is 11.3 Å². The molecule has 1 aromatic rings. The van der Waals surface area contributed by atoms with Gasteiger partial charge in [0.15, 0.2) is 0 Å². The highest BCUT2D eigenvalue weighted by atomic mass is 15.3. The first-order valence-corrected chi connectivity index (χ1v) is 5.26. The van der Waals surface area contributed by atoms with Gasteiger partial charge < -0.3 is 0 Å². The average Bonchev–Trinajstić information content (AvgIpc) is 2.79. The molecule has 1 unspecified atom stereocenters. The molecule has 0 amide bonds. The summed E-state index contributed by atoms with van der Waals surface area (Å²) in [6.45, 7) is 0. The Labute approximate surface area is 84.4 Å². The molecule has 0 spiro atoms. The summed E-state index contributed by atoms with van der Waals surface area (Å²) in [7, 11) is 1.94. The summed E-state index contributed by atoms with van der Waals surface area (Å²) >= 11 is 0. The monoisotopic (exact) mass is 194 g/mol. The Morgan fingerprint density at radius 3 is 2.79 bits per heavy atom. The predicted molar refractivity (Wildman–Crippen MR) is 55.2 cm³/mol. The molecular weight excluding hydrogens is 176 g/mol. The molecule has 14 heavy (non-hydrogen) atoms. The van der Waals surface area contributed by atoms with Crippen molar-refractivity contribution in [2.24, 2.45) is 18.8 Å². The fourth-order valence-corrected chi connectivity index (χ4v) is 2.40. The Balaban J connectivity index is 2.12. The lowest BCUT2D eigenvalue weighted by Gasteiger charge is -2.20. The lowest BCUT2D eigenvalue weighted by atomic mass is 9.94. The first-order valence-electron chi connectivity index (χ1n) is 5.26. The first kappa shape index (κ1) is 9.68. The Kier molecular flexibility index (Phi) is 2.84. The molecule has 1 saturated carbocycles. The predicted octanol–water partition coefficient (Wildman–Crippen LogP) is 1.11. The summed E-state index contributed by atoms with van der Waals surface area (Å²) in [5.74, 6) is 6.29. The maximum Gasteiger partial charge on any atom is 0.0538 e. The summed E-state index contributed by atoms with van der Waals surface area (Å²) in [6.07, 6.45) is 9.19. The van der Waals surface area contributed by atoms with Crippen molar-refractivity contribution in [1.29, 1.82) is 0 Å². The van der Waals surface area contributed by atoms with E-state index in [0.29, 0.717) is 5.92 Å². The van der Waals surface area contributed by atoms with Gasteiger partial charge in [0, 0.05) is 18.8 Å². The molecule has 2 rings (SSSR count). The van der Waals surface area contributed by atoms with Crippen LogP contribution in [0.4, 0.5) is 0 Å². The molecule has 0 radical (unpaired) electrons. The number of nitrogens with zero attached hydrogens (tertiary/aromatic N) is 2. The molecule has 0 bridgehead atoms. The van der Waals surface area contributed by atoms with E-state index in [2.05, 4.69) is 10.5 Å². The van der Waals surface area contributed by atoms with Crippen molar-refractivity contribution in [1.82, 2.24) is 15.2 Å². The molecule has 1 atom stereocenters. The van der Waals surface area contributed by atoms with E-state index >= 15 is 0 Å². The van der Waals surface area contributed by atoms with Gasteiger partial charge in [0.2, 0.25) is 0 Å². The van der Waals surface area contributed by atoms with Crippen molar-refractivity contribution < 1.29 is 0 Å². The van der Waals surface area contributed by atoms with Crippen LogP contribution >= 0.6 is 0 Å². The summed E-state index contributed by atoms with van der Waals surface area (Å²) in [6, 6.07) is 0.284. The zero-order chi connectivity index (χ0) is 9.97. The fraction of sp³-hybridized carbons (Fsp3) is 0.700. The summed E-state index contributed by atoms with van der Waals surface area (Å²) in [4.78, 5) is 0. The molecule has 0 aliphatic heterocycles. The Morgan fingerprint density at radius 2 is 2.29 bits per heavy atom. The standard InChI is InChI=1S/C10H18N4/c1-14-7-9(6-12-14)10(13-11)8-4-2-3-5-8/h6-8,10,13H,2-5,11H2,1H3. The summed E-state index contributed by atoms with van der Waals surface area (Å²) in [5, 5.41) is 4.18. The average molecular weight is 194 g/mol. The van der Waals surface area contributed by atoms with Crippen LogP contribution in [0.25, 0.3) is 0 Å². The number of aromatic nitrogens is 2. The van der Waals surface area contributed by atoms with Crippen molar-refractivity contribution in [3.8, 4) is 0 Å². The highest BCUT2D eigenvalue weighted by Gasteiger charge is 2.26. The van der Waals surface area contributed by atoms with E-state index in [1.165, 1.54) is 31.2 Å². The SMILES string of the molecule is Cn1cc(C(NN)C2CCCC2)cn1. The van der Waals surface area contributed by atoms with Gasteiger partial charge in [0.25, 0.3) is 0 Å². The van der Waals surface area contributed by atoms with Crippen molar-refractivity contribution >= 4 is 0 Å². The smallest absolute Gasteiger partial charge is 0.0538 e. The van der Waals surface area contributed by atoms with Gasteiger partial charge in [-0.15, -0.1) is 0 Å². The molecule has 1 aliphatic rings. The van der Waals surface area contributed by atoms with E-state index in [9.17, 15) is 0 Å². The number of nitrogens with one attached hydrogen (secondary N) is 1. The van der Waals surface area contributed by atoms with Crippen LogP contribution in [-0.2, 0) is 7.05 Å². The first-order chi connectivity index (χ1) is 6.81. The number of nitrogens with two attached hydrogens (primary N) is 1. The lowest BCUT2D eigenvalue weighted by molar-refractivity contribution is 0.373. The van der Waals surface area contributed by atoms with Crippen LogP contribution in [0.3, 0.4) is 0 Å². The van der Waals surface area contributed by atoms with Crippen LogP contribution in [-0.4, -0.2) is 9.78 Å².